The number of anilines is 1. The number of hydrogen-bond donors (Lipinski definition) is 1. The Balaban J connectivity index is 1.73. The van der Waals surface area contributed by atoms with Crippen LogP contribution in [0.15, 0.2) is 40.5 Å². The lowest BCUT2D eigenvalue weighted by Crippen LogP contribution is -2.30. The van der Waals surface area contributed by atoms with Crippen LogP contribution in [-0.2, 0) is 11.3 Å². The number of aldehydes is 1. The van der Waals surface area contributed by atoms with Crippen LogP contribution in [0.2, 0.25) is 0 Å². The van der Waals surface area contributed by atoms with Crippen LogP contribution in [0.1, 0.15) is 62.9 Å². The zero-order valence-corrected chi connectivity index (χ0v) is 24.4. The summed E-state index contributed by atoms with van der Waals surface area (Å²) in [6.45, 7) is 8.76. The number of aryl methyl sites for hydroxylation is 1. The lowest BCUT2D eigenvalue weighted by Gasteiger charge is -2.27. The third-order valence-electron chi connectivity index (χ3n) is 6.90. The molecular weight excluding hydrogens is 510 g/mol. The Morgan fingerprint density at radius 1 is 1.23 bits per heavy atom. The van der Waals surface area contributed by atoms with Gasteiger partial charge in [0, 0.05) is 30.4 Å². The molecule has 1 atom stereocenters. The van der Waals surface area contributed by atoms with Gasteiger partial charge in [-0.3, -0.25) is 4.79 Å². The van der Waals surface area contributed by atoms with E-state index in [1.54, 1.807) is 18.9 Å². The molecule has 1 N–H and O–H groups in total. The lowest BCUT2D eigenvalue weighted by molar-refractivity contribution is -0.102. The fourth-order valence-electron chi connectivity index (χ4n) is 4.23. The summed E-state index contributed by atoms with van der Waals surface area (Å²) >= 11 is 1.80. The summed E-state index contributed by atoms with van der Waals surface area (Å²) < 4.78 is 5.60. The van der Waals surface area contributed by atoms with Crippen LogP contribution < -0.4 is 15.0 Å². The fraction of sp³-hybridized carbons (Fsp3) is 0.448. The van der Waals surface area contributed by atoms with Gasteiger partial charge in [0.05, 0.1) is 18.5 Å². The van der Waals surface area contributed by atoms with Gasteiger partial charge in [0.25, 0.3) is 0 Å². The molecule has 206 valence electrons. The largest absolute Gasteiger partial charge is 0.480 e. The van der Waals surface area contributed by atoms with E-state index in [9.17, 15) is 4.79 Å². The first kappa shape index (κ1) is 28.5. The Morgan fingerprint density at radius 2 is 1.97 bits per heavy atom. The molecule has 0 aliphatic heterocycles. The number of rotatable bonds is 12. The monoisotopic (exact) mass is 547 g/mol. The van der Waals surface area contributed by atoms with Crippen molar-refractivity contribution in [1.29, 1.82) is 0 Å². The summed E-state index contributed by atoms with van der Waals surface area (Å²) in [4.78, 5) is 38.8. The van der Waals surface area contributed by atoms with Gasteiger partial charge in [-0.1, -0.05) is 26.0 Å². The molecule has 0 saturated heterocycles. The van der Waals surface area contributed by atoms with Crippen LogP contribution in [0.5, 0.6) is 5.88 Å². The highest BCUT2D eigenvalue weighted by Gasteiger charge is 2.32. The minimum absolute atomic E-state index is 0.185. The molecule has 1 saturated carbocycles. The second-order valence-corrected chi connectivity index (χ2v) is 11.0. The van der Waals surface area contributed by atoms with Crippen molar-refractivity contribution in [2.45, 2.75) is 70.4 Å². The van der Waals surface area contributed by atoms with Gasteiger partial charge in [-0.25, -0.2) is 24.9 Å². The minimum atomic E-state index is 0.185. The molecule has 2 aromatic heterocycles. The van der Waals surface area contributed by atoms with Crippen molar-refractivity contribution >= 4 is 35.4 Å². The van der Waals surface area contributed by atoms with Gasteiger partial charge in [-0.05, 0) is 56.6 Å². The molecule has 1 aliphatic rings. The molecule has 1 aliphatic carbocycles. The molecule has 0 spiro atoms. The molecule has 0 bridgehead atoms. The van der Waals surface area contributed by atoms with E-state index in [0.29, 0.717) is 41.4 Å². The molecular formula is C29H37N7O2S. The first-order valence-electron chi connectivity index (χ1n) is 13.4. The topological polar surface area (TPSA) is 105 Å². The lowest BCUT2D eigenvalue weighted by atomic mass is 10.1. The van der Waals surface area contributed by atoms with Gasteiger partial charge in [0.15, 0.2) is 23.8 Å². The Bertz CT molecular complexity index is 1330. The number of hydrogen-bond acceptors (Lipinski definition) is 9. The van der Waals surface area contributed by atoms with Gasteiger partial charge >= 0.3 is 0 Å². The van der Waals surface area contributed by atoms with E-state index in [1.807, 2.05) is 14.0 Å². The maximum atomic E-state index is 12.1. The number of ether oxygens (including phenoxy) is 1. The van der Waals surface area contributed by atoms with E-state index in [0.717, 1.165) is 48.1 Å². The Kier molecular flexibility index (Phi) is 9.50. The second kappa shape index (κ2) is 13.0. The third-order valence-corrected chi connectivity index (χ3v) is 7.79. The maximum Gasteiger partial charge on any atom is 0.227 e. The number of aliphatic imine (C=N–C) groups is 1. The second-order valence-electron chi connectivity index (χ2n) is 9.64. The predicted octanol–water partition coefficient (Wildman–Crippen LogP) is 5.49. The van der Waals surface area contributed by atoms with Gasteiger partial charge in [0.2, 0.25) is 5.88 Å². The molecule has 4 rings (SSSR count). The standard InChI is InChI=1S/C29H37N7O2S/c1-7-18(3)36(5)28-25(34-23(16-37)30-15-20-9-13-22(14-10-20)39-8-2)19(4)33-27(35-28)24-26(21-11-12-21)31-17-32-29(24)38-6/h9-10,13-14,16-18,21H,7-8,11-12,15H2,1-6H3,(H,30,34)/t18-/m1/s1. The van der Waals surface area contributed by atoms with Crippen LogP contribution in [0.3, 0.4) is 0 Å². The van der Waals surface area contributed by atoms with Gasteiger partial charge in [-0.15, -0.1) is 11.8 Å². The van der Waals surface area contributed by atoms with Crippen LogP contribution in [0.4, 0.5) is 11.5 Å². The molecule has 0 unspecified atom stereocenters. The number of carbonyl (C=O) groups excluding carboxylic acids is 1. The van der Waals surface area contributed by atoms with Crippen molar-refractivity contribution in [2.24, 2.45) is 4.99 Å². The zero-order valence-electron chi connectivity index (χ0n) is 23.6. The highest BCUT2D eigenvalue weighted by Crippen LogP contribution is 2.45. The summed E-state index contributed by atoms with van der Waals surface area (Å²) in [6, 6.07) is 8.49. The van der Waals surface area contributed by atoms with Crippen molar-refractivity contribution < 1.29 is 9.53 Å². The average molecular weight is 548 g/mol. The molecule has 2 heterocycles. The number of thioether (sulfide) groups is 1. The van der Waals surface area contributed by atoms with Crippen LogP contribution >= 0.6 is 11.8 Å². The fourth-order valence-corrected chi connectivity index (χ4v) is 4.89. The van der Waals surface area contributed by atoms with E-state index in [2.05, 4.69) is 65.2 Å². The van der Waals surface area contributed by atoms with Crippen molar-refractivity contribution in [2.75, 3.05) is 24.8 Å². The highest BCUT2D eigenvalue weighted by atomic mass is 32.2. The van der Waals surface area contributed by atoms with E-state index >= 15 is 0 Å². The smallest absolute Gasteiger partial charge is 0.227 e. The summed E-state index contributed by atoms with van der Waals surface area (Å²) in [5, 5.41) is 3.18. The number of methoxy groups -OCH3 is 1. The Labute approximate surface area is 234 Å². The van der Waals surface area contributed by atoms with E-state index in [1.165, 1.54) is 11.2 Å². The summed E-state index contributed by atoms with van der Waals surface area (Å²) in [5.41, 5.74) is 3.90. The van der Waals surface area contributed by atoms with Gasteiger partial charge in [-0.2, -0.15) is 0 Å². The number of nitrogens with one attached hydrogen (secondary N) is 1. The molecule has 9 nitrogen and oxygen atoms in total. The van der Waals surface area contributed by atoms with Gasteiger partial charge < -0.3 is 15.0 Å². The van der Waals surface area contributed by atoms with Crippen molar-refractivity contribution in [3.8, 4) is 17.3 Å². The maximum absolute atomic E-state index is 12.1. The van der Waals surface area contributed by atoms with E-state index < -0.39 is 0 Å². The zero-order chi connectivity index (χ0) is 27.9. The van der Waals surface area contributed by atoms with Crippen molar-refractivity contribution in [1.82, 2.24) is 25.3 Å². The van der Waals surface area contributed by atoms with Crippen molar-refractivity contribution in [3.05, 3.63) is 47.5 Å². The normalized spacial score (nSPS) is 14.2. The first-order valence-corrected chi connectivity index (χ1v) is 14.4. The molecule has 0 amide bonds. The molecule has 3 aromatic rings. The summed E-state index contributed by atoms with van der Waals surface area (Å²) in [6.07, 6.45) is 5.33. The van der Waals surface area contributed by atoms with Gasteiger partial charge in [0.1, 0.15) is 17.6 Å². The third kappa shape index (κ3) is 6.73. The van der Waals surface area contributed by atoms with E-state index in [4.69, 9.17) is 19.7 Å². The molecule has 0 radical (unpaired) electrons. The Morgan fingerprint density at radius 3 is 2.59 bits per heavy atom. The van der Waals surface area contributed by atoms with E-state index in [-0.39, 0.29) is 11.9 Å². The summed E-state index contributed by atoms with van der Waals surface area (Å²) in [7, 11) is 3.58. The molecule has 10 heteroatoms. The molecule has 39 heavy (non-hydrogen) atoms. The minimum Gasteiger partial charge on any atom is -0.480 e. The molecule has 1 aromatic carbocycles. The van der Waals surface area contributed by atoms with Crippen LogP contribution in [-0.4, -0.2) is 58.0 Å². The SMILES string of the molecule is CCSc1ccc(CN/C(C=O)=N/c2c(C)nc(-c3c(OC)ncnc3C3CC3)nc2N(C)[C@H](C)CC)cc1. The Hall–Kier alpha value is -3.53. The number of carbonyl (C=O) groups is 1. The highest BCUT2D eigenvalue weighted by molar-refractivity contribution is 7.99. The summed E-state index contributed by atoms with van der Waals surface area (Å²) in [5.74, 6) is 3.20. The van der Waals surface area contributed by atoms with Crippen LogP contribution in [0, 0.1) is 6.92 Å². The number of nitrogens with zero attached hydrogens (tertiary/aromatic N) is 6. The predicted molar refractivity (Wildman–Crippen MR) is 157 cm³/mol. The number of benzene rings is 1. The van der Waals surface area contributed by atoms with Crippen LogP contribution in [0.25, 0.3) is 11.4 Å². The quantitative estimate of drug-likeness (QED) is 0.136. The number of amidine groups is 1. The number of aromatic nitrogens is 4. The average Bonchev–Trinajstić information content (AvgIpc) is 3.81. The molecule has 1 fully saturated rings. The van der Waals surface area contributed by atoms with Crippen molar-refractivity contribution in [3.63, 3.8) is 0 Å². The first-order chi connectivity index (χ1) is 18.9.